The average molecular weight is 317 g/mol. The van der Waals surface area contributed by atoms with Gasteiger partial charge in [-0.15, -0.1) is 0 Å². The molecule has 1 aromatic rings. The number of halogens is 2. The Kier molecular flexibility index (Phi) is 3.70. The zero-order chi connectivity index (χ0) is 15.3. The third kappa shape index (κ3) is 2.48. The maximum atomic E-state index is 12.6. The van der Waals surface area contributed by atoms with Gasteiger partial charge in [0.25, 0.3) is 0 Å². The maximum Gasteiger partial charge on any atom is 0.327 e. The number of carbonyl (C=O) groups is 1. The van der Waals surface area contributed by atoms with Gasteiger partial charge in [-0.3, -0.25) is 4.90 Å². The lowest BCUT2D eigenvalue weighted by Crippen LogP contribution is -2.67. The van der Waals surface area contributed by atoms with E-state index in [0.717, 1.165) is 0 Å². The molecule has 4 nitrogen and oxygen atoms in total. The molecule has 1 aliphatic heterocycles. The molecule has 1 aliphatic rings. The molecule has 0 saturated carbocycles. The van der Waals surface area contributed by atoms with Crippen molar-refractivity contribution in [2.24, 2.45) is 0 Å². The van der Waals surface area contributed by atoms with Gasteiger partial charge in [-0.2, -0.15) is 0 Å². The van der Waals surface area contributed by atoms with E-state index in [-0.39, 0.29) is 6.03 Å². The summed E-state index contributed by atoms with van der Waals surface area (Å²) >= 11 is 11.9. The Hall–Kier alpha value is -0.970. The Balaban J connectivity index is 2.49. The first kappa shape index (κ1) is 15.4. The van der Waals surface area contributed by atoms with Crippen LogP contribution in [0.3, 0.4) is 0 Å². The molecule has 0 aliphatic carbocycles. The summed E-state index contributed by atoms with van der Waals surface area (Å²) in [5.41, 5.74) is -1.19. The van der Waals surface area contributed by atoms with E-state index in [4.69, 9.17) is 23.2 Å². The summed E-state index contributed by atoms with van der Waals surface area (Å²) in [6.07, 6.45) is 0.419. The molecule has 1 N–H and O–H groups in total. The number of nitrogens with zero attached hydrogens (tertiary/aromatic N) is 2. The van der Waals surface area contributed by atoms with Gasteiger partial charge in [-0.1, -0.05) is 23.2 Å². The van der Waals surface area contributed by atoms with Gasteiger partial charge in [-0.25, -0.2) is 4.79 Å². The highest BCUT2D eigenvalue weighted by atomic mass is 35.5. The van der Waals surface area contributed by atoms with Crippen LogP contribution < -0.4 is 4.90 Å². The predicted molar refractivity (Wildman–Crippen MR) is 81.4 cm³/mol. The van der Waals surface area contributed by atoms with E-state index >= 15 is 0 Å². The first-order chi connectivity index (χ1) is 9.06. The van der Waals surface area contributed by atoms with Gasteiger partial charge in [0.15, 0.2) is 0 Å². The van der Waals surface area contributed by atoms with Gasteiger partial charge < -0.3 is 10.0 Å². The van der Waals surface area contributed by atoms with E-state index in [0.29, 0.717) is 22.2 Å². The molecule has 20 heavy (non-hydrogen) atoms. The molecule has 6 heteroatoms. The number of anilines is 1. The molecule has 2 rings (SSSR count). The van der Waals surface area contributed by atoms with Crippen LogP contribution >= 0.6 is 23.2 Å². The molecule has 1 aromatic carbocycles. The Morgan fingerprint density at radius 1 is 1.20 bits per heavy atom. The highest BCUT2D eigenvalue weighted by molar-refractivity contribution is 6.42. The number of aliphatic hydroxyl groups is 1. The number of benzene rings is 1. The van der Waals surface area contributed by atoms with Gasteiger partial charge >= 0.3 is 6.03 Å². The lowest BCUT2D eigenvalue weighted by Gasteiger charge is -2.52. The summed E-state index contributed by atoms with van der Waals surface area (Å²) in [6.45, 7) is 5.47. The third-order valence-electron chi connectivity index (χ3n) is 3.80. The number of hydrogen-bond donors (Lipinski definition) is 1. The molecule has 1 atom stereocenters. The minimum atomic E-state index is -1.29. The number of amides is 2. The fourth-order valence-electron chi connectivity index (χ4n) is 2.64. The van der Waals surface area contributed by atoms with E-state index in [1.54, 1.807) is 37.1 Å². The van der Waals surface area contributed by atoms with Gasteiger partial charge in [0.2, 0.25) is 0 Å². The van der Waals surface area contributed by atoms with E-state index in [2.05, 4.69) is 0 Å². The van der Waals surface area contributed by atoms with Crippen LogP contribution in [0, 0.1) is 0 Å². The number of hydrogen-bond acceptors (Lipinski definition) is 2. The number of rotatable bonds is 1. The summed E-state index contributed by atoms with van der Waals surface area (Å²) in [7, 11) is 1.72. The third-order valence-corrected chi connectivity index (χ3v) is 4.54. The van der Waals surface area contributed by atoms with Crippen LogP contribution in [0.5, 0.6) is 0 Å². The molecule has 2 amide bonds. The standard InChI is InChI=1S/C14H18Cl2N2O2/c1-13(2)8-14(3,20)18(12(19)17(13)4)9-5-6-10(15)11(16)7-9/h5-7,20H,8H2,1-4H3/t14-/m0/s1. The maximum absolute atomic E-state index is 12.6. The van der Waals surface area contributed by atoms with E-state index in [9.17, 15) is 9.90 Å². The molecule has 1 saturated heterocycles. The summed E-state index contributed by atoms with van der Waals surface area (Å²) in [6, 6.07) is 4.60. The van der Waals surface area contributed by atoms with Crippen molar-refractivity contribution in [1.29, 1.82) is 0 Å². The second kappa shape index (κ2) is 4.79. The van der Waals surface area contributed by atoms with Gasteiger partial charge in [0.1, 0.15) is 5.72 Å². The summed E-state index contributed by atoms with van der Waals surface area (Å²) in [4.78, 5) is 15.5. The molecule has 0 unspecified atom stereocenters. The molecule has 1 heterocycles. The molecular formula is C14H18Cl2N2O2. The minimum Gasteiger partial charge on any atom is -0.371 e. The van der Waals surface area contributed by atoms with Crippen LogP contribution in [0.1, 0.15) is 27.2 Å². The van der Waals surface area contributed by atoms with Crippen molar-refractivity contribution in [3.63, 3.8) is 0 Å². The minimum absolute atomic E-state index is 0.273. The van der Waals surface area contributed by atoms with Crippen molar-refractivity contribution < 1.29 is 9.90 Å². The Morgan fingerprint density at radius 2 is 1.80 bits per heavy atom. The van der Waals surface area contributed by atoms with E-state index < -0.39 is 11.3 Å². The van der Waals surface area contributed by atoms with Crippen LogP contribution in [-0.2, 0) is 0 Å². The zero-order valence-corrected chi connectivity index (χ0v) is 13.5. The normalized spacial score (nSPS) is 26.1. The average Bonchev–Trinajstić information content (AvgIpc) is 2.29. The van der Waals surface area contributed by atoms with E-state index in [1.807, 2.05) is 13.8 Å². The Morgan fingerprint density at radius 3 is 2.35 bits per heavy atom. The topological polar surface area (TPSA) is 43.8 Å². The van der Waals surface area contributed by atoms with Crippen molar-refractivity contribution in [3.8, 4) is 0 Å². The Bertz CT molecular complexity index is 558. The fraction of sp³-hybridized carbons (Fsp3) is 0.500. The van der Waals surface area contributed by atoms with Crippen molar-refractivity contribution in [1.82, 2.24) is 4.90 Å². The highest BCUT2D eigenvalue weighted by Gasteiger charge is 2.49. The van der Waals surface area contributed by atoms with Crippen LogP contribution in [0.4, 0.5) is 10.5 Å². The predicted octanol–water partition coefficient (Wildman–Crippen LogP) is 3.74. The van der Waals surface area contributed by atoms with Crippen molar-refractivity contribution in [3.05, 3.63) is 28.2 Å². The molecule has 0 radical (unpaired) electrons. The highest BCUT2D eigenvalue weighted by Crippen LogP contribution is 2.39. The molecule has 1 fully saturated rings. The molecule has 0 spiro atoms. The van der Waals surface area contributed by atoms with Gasteiger partial charge in [0, 0.05) is 24.7 Å². The van der Waals surface area contributed by atoms with Gasteiger partial charge in [-0.05, 0) is 39.0 Å². The second-order valence-electron chi connectivity index (χ2n) is 5.98. The SMILES string of the molecule is CN1C(=O)N(c2ccc(Cl)c(Cl)c2)[C@@](C)(O)CC1(C)C. The lowest BCUT2D eigenvalue weighted by molar-refractivity contribution is -0.0182. The van der Waals surface area contributed by atoms with Crippen LogP contribution in [-0.4, -0.2) is 34.3 Å². The van der Waals surface area contributed by atoms with E-state index in [1.165, 1.54) is 4.90 Å². The zero-order valence-electron chi connectivity index (χ0n) is 11.9. The summed E-state index contributed by atoms with van der Waals surface area (Å²) in [5, 5.41) is 11.4. The van der Waals surface area contributed by atoms with Crippen LogP contribution in [0.15, 0.2) is 18.2 Å². The number of carbonyl (C=O) groups excluding carboxylic acids is 1. The number of urea groups is 1. The van der Waals surface area contributed by atoms with Gasteiger partial charge in [0.05, 0.1) is 10.0 Å². The monoisotopic (exact) mass is 316 g/mol. The summed E-state index contributed by atoms with van der Waals surface area (Å²) < 4.78 is 0. The van der Waals surface area contributed by atoms with Crippen molar-refractivity contribution in [2.45, 2.75) is 38.5 Å². The first-order valence-corrected chi connectivity index (χ1v) is 7.07. The van der Waals surface area contributed by atoms with Crippen LogP contribution in [0.25, 0.3) is 0 Å². The van der Waals surface area contributed by atoms with Crippen molar-refractivity contribution >= 4 is 34.9 Å². The molecular weight excluding hydrogens is 299 g/mol. The molecule has 0 aromatic heterocycles. The fourth-order valence-corrected chi connectivity index (χ4v) is 2.94. The van der Waals surface area contributed by atoms with Crippen LogP contribution in [0.2, 0.25) is 10.0 Å². The quantitative estimate of drug-likeness (QED) is 0.857. The first-order valence-electron chi connectivity index (χ1n) is 6.32. The smallest absolute Gasteiger partial charge is 0.327 e. The lowest BCUT2D eigenvalue weighted by atomic mass is 9.88. The largest absolute Gasteiger partial charge is 0.371 e. The molecule has 0 bridgehead atoms. The Labute approximate surface area is 128 Å². The second-order valence-corrected chi connectivity index (χ2v) is 6.80. The van der Waals surface area contributed by atoms with Crippen molar-refractivity contribution in [2.75, 3.05) is 11.9 Å². The summed E-state index contributed by atoms with van der Waals surface area (Å²) in [5.74, 6) is 0. The molecule has 110 valence electrons.